The number of ether oxygens (including phenoxy) is 2. The molecule has 2 unspecified atom stereocenters. The van der Waals surface area contributed by atoms with E-state index in [-0.39, 0.29) is 42.6 Å². The molecule has 3 N–H and O–H groups in total. The van der Waals surface area contributed by atoms with Crippen LogP contribution in [0.15, 0.2) is 0 Å². The smallest absolute Gasteiger partial charge is 0.748 e. The average molecular weight is 400 g/mol. The summed E-state index contributed by atoms with van der Waals surface area (Å²) in [6, 6.07) is 0. The number of Topliss-reactive ketones (excluding diaryl/α,β-unsaturated/α-hetero) is 1. The number of carbonyl (C=O) groups excluding carboxylic acids is 1. The van der Waals surface area contributed by atoms with E-state index in [1.54, 1.807) is 6.92 Å². The minimum Gasteiger partial charge on any atom is -0.748 e. The van der Waals surface area contributed by atoms with Crippen LogP contribution < -0.4 is 29.6 Å². The van der Waals surface area contributed by atoms with Crippen LogP contribution in [0.5, 0.6) is 0 Å². The molecule has 0 radical (unpaired) electrons. The number of rotatable bonds is 2. The van der Waals surface area contributed by atoms with E-state index >= 15 is 0 Å². The molecule has 26 heavy (non-hydrogen) atoms. The molecular formula is C15H21NaO9S. The predicted molar refractivity (Wildman–Crippen MR) is 79.3 cm³/mol. The molecular weight excluding hydrogens is 379 g/mol. The van der Waals surface area contributed by atoms with E-state index in [9.17, 15) is 33.1 Å². The van der Waals surface area contributed by atoms with Crippen molar-refractivity contribution in [3.63, 3.8) is 0 Å². The molecule has 2 aliphatic heterocycles. The van der Waals surface area contributed by atoms with Gasteiger partial charge < -0.3 is 29.3 Å². The summed E-state index contributed by atoms with van der Waals surface area (Å²) < 4.78 is 47.1. The number of ketones is 1. The van der Waals surface area contributed by atoms with Gasteiger partial charge in [0.05, 0.1) is 36.1 Å². The Morgan fingerprint density at radius 2 is 1.88 bits per heavy atom. The minimum absolute atomic E-state index is 0. The molecule has 0 amide bonds. The molecule has 2 heterocycles. The molecule has 1 spiro atoms. The van der Waals surface area contributed by atoms with Crippen LogP contribution in [0, 0.1) is 16.7 Å². The van der Waals surface area contributed by atoms with Crippen molar-refractivity contribution in [1.82, 2.24) is 0 Å². The largest absolute Gasteiger partial charge is 1.00 e. The first-order chi connectivity index (χ1) is 11.5. The van der Waals surface area contributed by atoms with Crippen LogP contribution >= 0.6 is 0 Å². The SMILES string of the molecule is C[C@@H]1C(=O)[C@H](O)[C@@]2(CO)[C@H](O[C@@H]3[C@H](O)C[C@@]2(C)C32CO2)C1S(=O)(=O)[O-].[Na+]. The van der Waals surface area contributed by atoms with Crippen LogP contribution in [0.4, 0.5) is 0 Å². The van der Waals surface area contributed by atoms with Crippen molar-refractivity contribution in [2.24, 2.45) is 16.7 Å². The average Bonchev–Trinajstić information content (AvgIpc) is 3.27. The number of aliphatic hydroxyl groups is 3. The fourth-order valence-corrected chi connectivity index (χ4v) is 7.01. The summed E-state index contributed by atoms with van der Waals surface area (Å²) in [4.78, 5) is 12.6. The zero-order chi connectivity index (χ0) is 18.6. The third-order valence-electron chi connectivity index (χ3n) is 7.24. The molecule has 11 heteroatoms. The van der Waals surface area contributed by atoms with Crippen LogP contribution in [-0.4, -0.2) is 82.6 Å². The Morgan fingerprint density at radius 1 is 1.31 bits per heavy atom. The summed E-state index contributed by atoms with van der Waals surface area (Å²) in [6.07, 6.45) is -4.98. The summed E-state index contributed by atoms with van der Waals surface area (Å²) >= 11 is 0. The summed E-state index contributed by atoms with van der Waals surface area (Å²) in [5, 5.41) is 29.7. The number of hydrogen-bond donors (Lipinski definition) is 3. The van der Waals surface area contributed by atoms with Gasteiger partial charge in [0, 0.05) is 11.3 Å². The Bertz CT molecular complexity index is 737. The maximum Gasteiger partial charge on any atom is 1.00 e. The molecule has 9 atom stereocenters. The number of aliphatic hydroxyl groups excluding tert-OH is 3. The Labute approximate surface area is 173 Å². The van der Waals surface area contributed by atoms with Gasteiger partial charge in [0.2, 0.25) is 0 Å². The van der Waals surface area contributed by atoms with Gasteiger partial charge in [-0.25, -0.2) is 8.42 Å². The standard InChI is InChI=1S/C15H22O9S.Na/c1-6-8(18)10(19)14(4-16)12(9(6)25(20,21)22)24-11-7(17)3-13(14,2)15(11)5-23-15;/h6-7,9-12,16-17,19H,3-5H2,1-2H3,(H,20,21,22);/q;+1/p-1/t6-,7-,9?,10+,11-,12-,13-,14+,15?;/m1./s1. The van der Waals surface area contributed by atoms with E-state index in [4.69, 9.17) is 9.47 Å². The van der Waals surface area contributed by atoms with Gasteiger partial charge in [0.1, 0.15) is 27.9 Å². The number of hydrogen-bond acceptors (Lipinski definition) is 9. The molecule has 2 saturated carbocycles. The molecule has 2 saturated heterocycles. The van der Waals surface area contributed by atoms with Crippen molar-refractivity contribution in [3.8, 4) is 0 Å². The van der Waals surface area contributed by atoms with Gasteiger partial charge in [0.25, 0.3) is 0 Å². The van der Waals surface area contributed by atoms with Crippen LogP contribution in [0.1, 0.15) is 20.3 Å². The van der Waals surface area contributed by atoms with E-state index in [1.165, 1.54) is 6.92 Å². The van der Waals surface area contributed by atoms with Gasteiger partial charge in [-0.15, -0.1) is 0 Å². The summed E-state index contributed by atoms with van der Waals surface area (Å²) in [5.74, 6) is -2.10. The second-order valence-electron chi connectivity index (χ2n) is 8.01. The Morgan fingerprint density at radius 3 is 2.35 bits per heavy atom. The van der Waals surface area contributed by atoms with Crippen LogP contribution in [0.3, 0.4) is 0 Å². The minimum atomic E-state index is -4.97. The zero-order valence-corrected chi connectivity index (χ0v) is 17.6. The topological polar surface area (TPSA) is 157 Å². The van der Waals surface area contributed by atoms with E-state index in [1.807, 2.05) is 0 Å². The maximum atomic E-state index is 12.6. The number of epoxide rings is 1. The van der Waals surface area contributed by atoms with Crippen molar-refractivity contribution in [1.29, 1.82) is 0 Å². The normalized spacial score (nSPS) is 55.4. The molecule has 0 aromatic rings. The van der Waals surface area contributed by atoms with Crippen LogP contribution in [-0.2, 0) is 24.4 Å². The van der Waals surface area contributed by atoms with Gasteiger partial charge in [-0.3, -0.25) is 4.79 Å². The van der Waals surface area contributed by atoms with Crippen molar-refractivity contribution in [2.75, 3.05) is 13.2 Å². The van der Waals surface area contributed by atoms with E-state index in [0.717, 1.165) is 0 Å². The molecule has 4 rings (SSSR count). The zero-order valence-electron chi connectivity index (χ0n) is 14.8. The predicted octanol–water partition coefficient (Wildman–Crippen LogP) is -5.23. The van der Waals surface area contributed by atoms with Crippen molar-refractivity contribution in [3.05, 3.63) is 0 Å². The Kier molecular flexibility index (Phi) is 4.82. The quantitative estimate of drug-likeness (QED) is 0.234. The molecule has 0 aromatic heterocycles. The molecule has 142 valence electrons. The van der Waals surface area contributed by atoms with Crippen molar-refractivity contribution < 1.29 is 72.1 Å². The first kappa shape index (κ1) is 21.1. The van der Waals surface area contributed by atoms with Gasteiger partial charge in [-0.1, -0.05) is 13.8 Å². The second-order valence-corrected chi connectivity index (χ2v) is 9.54. The fourth-order valence-electron chi connectivity index (χ4n) is 5.77. The van der Waals surface area contributed by atoms with Crippen molar-refractivity contribution in [2.45, 2.75) is 55.5 Å². The summed E-state index contributed by atoms with van der Waals surface area (Å²) in [6.45, 7) is 2.33. The first-order valence-corrected chi connectivity index (χ1v) is 9.70. The summed E-state index contributed by atoms with van der Waals surface area (Å²) in [5.41, 5.74) is -3.88. The van der Waals surface area contributed by atoms with E-state index in [2.05, 4.69) is 0 Å². The van der Waals surface area contributed by atoms with Gasteiger partial charge in [-0.05, 0) is 6.42 Å². The van der Waals surface area contributed by atoms with E-state index < -0.39 is 74.5 Å². The molecule has 9 nitrogen and oxygen atoms in total. The third kappa shape index (κ3) is 2.11. The van der Waals surface area contributed by atoms with E-state index in [0.29, 0.717) is 0 Å². The monoisotopic (exact) mass is 400 g/mol. The van der Waals surface area contributed by atoms with Gasteiger partial charge in [-0.2, -0.15) is 0 Å². The van der Waals surface area contributed by atoms with Crippen LogP contribution in [0.25, 0.3) is 0 Å². The molecule has 4 fully saturated rings. The molecule has 2 bridgehead atoms. The maximum absolute atomic E-state index is 12.6. The molecule has 4 aliphatic rings. The van der Waals surface area contributed by atoms with Crippen molar-refractivity contribution >= 4 is 15.9 Å². The van der Waals surface area contributed by atoms with Gasteiger partial charge >= 0.3 is 29.6 Å². The first-order valence-electron chi connectivity index (χ1n) is 8.23. The Balaban J connectivity index is 0.00000196. The molecule has 0 aromatic carbocycles. The van der Waals surface area contributed by atoms with Gasteiger partial charge in [0.15, 0.2) is 5.78 Å². The summed E-state index contributed by atoms with van der Waals surface area (Å²) in [7, 11) is -4.97. The third-order valence-corrected chi connectivity index (χ3v) is 8.56. The second kappa shape index (κ2) is 5.94. The number of carbonyl (C=O) groups is 1. The Hall–Kier alpha value is 0.380. The fraction of sp³-hybridized carbons (Fsp3) is 0.933. The number of fused-ring (bicyclic) bond motifs is 2. The van der Waals surface area contributed by atoms with Crippen LogP contribution in [0.2, 0.25) is 0 Å². The molecule has 2 aliphatic carbocycles.